The fourth-order valence-corrected chi connectivity index (χ4v) is 3.66. The first-order valence-electron chi connectivity index (χ1n) is 6.03. The molecule has 2 rings (SSSR count). The molecule has 0 amide bonds. The van der Waals surface area contributed by atoms with Gasteiger partial charge in [0.15, 0.2) is 0 Å². The summed E-state index contributed by atoms with van der Waals surface area (Å²) >= 11 is 0. The summed E-state index contributed by atoms with van der Waals surface area (Å²) in [6, 6.07) is 3.15. The molecule has 1 aliphatic rings. The van der Waals surface area contributed by atoms with Crippen LogP contribution in [0.25, 0.3) is 0 Å². The van der Waals surface area contributed by atoms with Gasteiger partial charge in [0.1, 0.15) is 0 Å². The molecular formula is C11H18N4O2S. The molecule has 1 aromatic rings. The van der Waals surface area contributed by atoms with Crippen LogP contribution in [0.3, 0.4) is 0 Å². The lowest BCUT2D eigenvalue weighted by molar-refractivity contribution is 0.259. The number of pyridine rings is 1. The van der Waals surface area contributed by atoms with Crippen molar-refractivity contribution in [1.82, 2.24) is 9.29 Å². The average Bonchev–Trinajstić information content (AvgIpc) is 2.39. The van der Waals surface area contributed by atoms with Gasteiger partial charge in [-0.25, -0.2) is 0 Å². The number of nitrogens with zero attached hydrogens (tertiary/aromatic N) is 2. The van der Waals surface area contributed by atoms with Crippen molar-refractivity contribution in [2.24, 2.45) is 5.73 Å². The third-order valence-corrected chi connectivity index (χ3v) is 4.67. The second-order valence-electron chi connectivity index (χ2n) is 4.34. The molecule has 100 valence electrons. The van der Waals surface area contributed by atoms with Gasteiger partial charge in [0, 0.05) is 31.5 Å². The SMILES string of the molecule is NCC1CCCCN1S(=O)(=O)Nc1ccncc1. The fourth-order valence-electron chi connectivity index (χ4n) is 2.15. The maximum absolute atomic E-state index is 12.3. The number of nitrogens with one attached hydrogen (secondary N) is 1. The molecule has 0 saturated carbocycles. The predicted octanol–water partition coefficient (Wildman–Crippen LogP) is 0.551. The Morgan fingerprint density at radius 2 is 2.11 bits per heavy atom. The van der Waals surface area contributed by atoms with E-state index in [1.165, 1.54) is 4.31 Å². The first kappa shape index (κ1) is 13.3. The van der Waals surface area contributed by atoms with Crippen molar-refractivity contribution in [3.63, 3.8) is 0 Å². The van der Waals surface area contributed by atoms with Crippen LogP contribution in [-0.2, 0) is 10.2 Å². The normalized spacial score (nSPS) is 21.7. The number of anilines is 1. The minimum atomic E-state index is -3.52. The van der Waals surface area contributed by atoms with Gasteiger partial charge < -0.3 is 5.73 Å². The monoisotopic (exact) mass is 270 g/mol. The Bertz CT molecular complexity index is 477. The van der Waals surface area contributed by atoms with Gasteiger partial charge in [0.05, 0.1) is 5.69 Å². The van der Waals surface area contributed by atoms with Crippen LogP contribution in [0, 0.1) is 0 Å². The lowest BCUT2D eigenvalue weighted by Gasteiger charge is -2.33. The van der Waals surface area contributed by atoms with Crippen molar-refractivity contribution in [1.29, 1.82) is 0 Å². The van der Waals surface area contributed by atoms with Gasteiger partial charge in [-0.1, -0.05) is 6.42 Å². The van der Waals surface area contributed by atoms with E-state index in [4.69, 9.17) is 5.73 Å². The van der Waals surface area contributed by atoms with Gasteiger partial charge in [-0.15, -0.1) is 0 Å². The van der Waals surface area contributed by atoms with Crippen LogP contribution in [0.2, 0.25) is 0 Å². The van der Waals surface area contributed by atoms with Crippen molar-refractivity contribution in [2.75, 3.05) is 17.8 Å². The Kier molecular flexibility index (Phi) is 4.15. The molecule has 0 aliphatic carbocycles. The molecule has 6 nitrogen and oxygen atoms in total. The molecule has 0 spiro atoms. The molecular weight excluding hydrogens is 252 g/mol. The average molecular weight is 270 g/mol. The summed E-state index contributed by atoms with van der Waals surface area (Å²) in [5, 5.41) is 0. The van der Waals surface area contributed by atoms with Crippen molar-refractivity contribution >= 4 is 15.9 Å². The summed E-state index contributed by atoms with van der Waals surface area (Å²) in [5.41, 5.74) is 6.16. The third-order valence-electron chi connectivity index (χ3n) is 3.08. The molecule has 0 bridgehead atoms. The van der Waals surface area contributed by atoms with Gasteiger partial charge in [0.25, 0.3) is 0 Å². The summed E-state index contributed by atoms with van der Waals surface area (Å²) in [5.74, 6) is 0. The standard InChI is InChI=1S/C11H18N4O2S/c12-9-11-3-1-2-8-15(11)18(16,17)14-10-4-6-13-7-5-10/h4-7,11H,1-3,8-9,12H2,(H,13,14). The Labute approximate surface area is 107 Å². The number of aromatic nitrogens is 1. The number of rotatable bonds is 4. The zero-order chi connectivity index (χ0) is 13.0. The zero-order valence-electron chi connectivity index (χ0n) is 10.1. The lowest BCUT2D eigenvalue weighted by atomic mass is 10.1. The maximum Gasteiger partial charge on any atom is 0.301 e. The highest BCUT2D eigenvalue weighted by molar-refractivity contribution is 7.90. The molecule has 3 N–H and O–H groups in total. The Morgan fingerprint density at radius 3 is 2.78 bits per heavy atom. The van der Waals surface area contributed by atoms with Crippen LogP contribution in [0.5, 0.6) is 0 Å². The van der Waals surface area contributed by atoms with E-state index in [1.807, 2.05) is 0 Å². The first-order chi connectivity index (χ1) is 8.63. The van der Waals surface area contributed by atoms with E-state index in [1.54, 1.807) is 24.5 Å². The van der Waals surface area contributed by atoms with E-state index in [0.29, 0.717) is 18.8 Å². The number of hydrogen-bond donors (Lipinski definition) is 2. The van der Waals surface area contributed by atoms with Crippen LogP contribution in [0.4, 0.5) is 5.69 Å². The van der Waals surface area contributed by atoms with Crippen molar-refractivity contribution in [2.45, 2.75) is 25.3 Å². The Balaban J connectivity index is 2.14. The van der Waals surface area contributed by atoms with E-state index in [0.717, 1.165) is 19.3 Å². The summed E-state index contributed by atoms with van der Waals surface area (Å²) in [7, 11) is -3.52. The first-order valence-corrected chi connectivity index (χ1v) is 7.47. The molecule has 1 aromatic heterocycles. The fraction of sp³-hybridized carbons (Fsp3) is 0.545. The minimum absolute atomic E-state index is 0.0990. The largest absolute Gasteiger partial charge is 0.329 e. The molecule has 1 saturated heterocycles. The smallest absolute Gasteiger partial charge is 0.301 e. The summed E-state index contributed by atoms with van der Waals surface area (Å²) < 4.78 is 28.6. The van der Waals surface area contributed by atoms with Crippen LogP contribution in [-0.4, -0.2) is 36.8 Å². The molecule has 1 aliphatic heterocycles. The molecule has 2 heterocycles. The van der Waals surface area contributed by atoms with Gasteiger partial charge in [-0.05, 0) is 25.0 Å². The van der Waals surface area contributed by atoms with Gasteiger partial charge in [-0.3, -0.25) is 9.71 Å². The van der Waals surface area contributed by atoms with Crippen molar-refractivity contribution in [3.8, 4) is 0 Å². The quantitative estimate of drug-likeness (QED) is 0.836. The zero-order valence-corrected chi connectivity index (χ0v) is 10.9. The van der Waals surface area contributed by atoms with Crippen LogP contribution in [0.15, 0.2) is 24.5 Å². The highest BCUT2D eigenvalue weighted by atomic mass is 32.2. The number of hydrogen-bond acceptors (Lipinski definition) is 4. The van der Waals surface area contributed by atoms with Gasteiger partial charge in [-0.2, -0.15) is 12.7 Å². The van der Waals surface area contributed by atoms with E-state index < -0.39 is 10.2 Å². The number of nitrogens with two attached hydrogens (primary N) is 1. The Morgan fingerprint density at radius 1 is 1.39 bits per heavy atom. The highest BCUT2D eigenvalue weighted by Crippen LogP contribution is 2.21. The van der Waals surface area contributed by atoms with E-state index in [-0.39, 0.29) is 6.04 Å². The second-order valence-corrected chi connectivity index (χ2v) is 5.96. The van der Waals surface area contributed by atoms with E-state index in [2.05, 4.69) is 9.71 Å². The predicted molar refractivity (Wildman–Crippen MR) is 70.2 cm³/mol. The maximum atomic E-state index is 12.3. The van der Waals surface area contributed by atoms with Crippen molar-refractivity contribution < 1.29 is 8.42 Å². The van der Waals surface area contributed by atoms with Gasteiger partial charge >= 0.3 is 10.2 Å². The van der Waals surface area contributed by atoms with Crippen LogP contribution < -0.4 is 10.5 Å². The van der Waals surface area contributed by atoms with Crippen molar-refractivity contribution in [3.05, 3.63) is 24.5 Å². The summed E-state index contributed by atoms with van der Waals surface area (Å²) in [6.07, 6.45) is 5.84. The summed E-state index contributed by atoms with van der Waals surface area (Å²) in [4.78, 5) is 3.85. The molecule has 7 heteroatoms. The number of piperidine rings is 1. The molecule has 1 unspecified atom stereocenters. The Hall–Kier alpha value is -1.18. The molecule has 1 atom stereocenters. The molecule has 1 fully saturated rings. The summed E-state index contributed by atoms with van der Waals surface area (Å²) in [6.45, 7) is 0.888. The second kappa shape index (κ2) is 5.64. The van der Waals surface area contributed by atoms with Crippen LogP contribution >= 0.6 is 0 Å². The highest BCUT2D eigenvalue weighted by Gasteiger charge is 2.31. The molecule has 0 radical (unpaired) electrons. The van der Waals surface area contributed by atoms with E-state index >= 15 is 0 Å². The van der Waals surface area contributed by atoms with Crippen LogP contribution in [0.1, 0.15) is 19.3 Å². The van der Waals surface area contributed by atoms with E-state index in [9.17, 15) is 8.42 Å². The lowest BCUT2D eigenvalue weighted by Crippen LogP contribution is -2.49. The topological polar surface area (TPSA) is 88.3 Å². The third kappa shape index (κ3) is 2.98. The molecule has 18 heavy (non-hydrogen) atoms. The van der Waals surface area contributed by atoms with Gasteiger partial charge in [0.2, 0.25) is 0 Å². The minimum Gasteiger partial charge on any atom is -0.329 e. The molecule has 0 aromatic carbocycles.